The number of hydrogen-bond donors (Lipinski definition) is 2. The minimum Gasteiger partial charge on any atom is -0.392 e. The molecule has 0 amide bonds. The van der Waals surface area contributed by atoms with Crippen LogP contribution in [0.15, 0.2) is 24.5 Å². The predicted octanol–water partition coefficient (Wildman–Crippen LogP) is 2.14. The van der Waals surface area contributed by atoms with Crippen molar-refractivity contribution in [2.45, 2.75) is 39.8 Å². The maximum atomic E-state index is 9.82. The van der Waals surface area contributed by atoms with Crippen LogP contribution in [0.3, 0.4) is 0 Å². The molecule has 2 rings (SSSR count). The highest BCUT2D eigenvalue weighted by Gasteiger charge is 2.08. The fraction of sp³-hybridized carbons (Fsp3) is 0.533. The van der Waals surface area contributed by atoms with Crippen molar-refractivity contribution in [1.29, 1.82) is 0 Å². The van der Waals surface area contributed by atoms with Gasteiger partial charge in [0.05, 0.1) is 18.0 Å². The van der Waals surface area contributed by atoms with Crippen LogP contribution in [-0.2, 0) is 6.54 Å². The highest BCUT2D eigenvalue weighted by atomic mass is 16.3. The Morgan fingerprint density at radius 2 is 2.21 bits per heavy atom. The highest BCUT2D eigenvalue weighted by molar-refractivity contribution is 5.48. The number of hydrogen-bond acceptors (Lipinski definition) is 3. The van der Waals surface area contributed by atoms with E-state index in [1.807, 2.05) is 18.5 Å². The van der Waals surface area contributed by atoms with Gasteiger partial charge in [-0.3, -0.25) is 0 Å². The second-order valence-corrected chi connectivity index (χ2v) is 5.55. The number of nitrogens with zero attached hydrogens (tertiary/aromatic N) is 2. The Morgan fingerprint density at radius 3 is 2.95 bits per heavy atom. The van der Waals surface area contributed by atoms with Gasteiger partial charge >= 0.3 is 0 Å². The number of aromatic nitrogens is 2. The molecule has 2 aromatic heterocycles. The smallest absolute Gasteiger partial charge is 0.139 e. The lowest BCUT2D eigenvalue weighted by molar-refractivity contribution is 0.146. The van der Waals surface area contributed by atoms with E-state index in [1.54, 1.807) is 0 Å². The second kappa shape index (κ2) is 6.17. The summed E-state index contributed by atoms with van der Waals surface area (Å²) in [6.45, 7) is 7.65. The molecular weight excluding hydrogens is 238 g/mol. The molecule has 0 aliphatic heterocycles. The first-order valence-electron chi connectivity index (χ1n) is 6.88. The van der Waals surface area contributed by atoms with Crippen molar-refractivity contribution in [3.8, 4) is 0 Å². The quantitative estimate of drug-likeness (QED) is 0.837. The minimum absolute atomic E-state index is 0.277. The van der Waals surface area contributed by atoms with E-state index >= 15 is 0 Å². The summed E-state index contributed by atoms with van der Waals surface area (Å²) in [5.41, 5.74) is 3.30. The van der Waals surface area contributed by atoms with Crippen LogP contribution >= 0.6 is 0 Å². The van der Waals surface area contributed by atoms with E-state index in [-0.39, 0.29) is 6.10 Å². The first-order valence-corrected chi connectivity index (χ1v) is 6.88. The van der Waals surface area contributed by atoms with E-state index in [0.717, 1.165) is 24.3 Å². The number of aliphatic hydroxyl groups is 1. The van der Waals surface area contributed by atoms with E-state index in [2.05, 4.69) is 41.5 Å². The van der Waals surface area contributed by atoms with Crippen molar-refractivity contribution in [2.75, 3.05) is 6.54 Å². The molecule has 19 heavy (non-hydrogen) atoms. The van der Waals surface area contributed by atoms with Gasteiger partial charge in [-0.1, -0.05) is 19.9 Å². The molecule has 0 aliphatic carbocycles. The largest absolute Gasteiger partial charge is 0.392 e. The number of rotatable bonds is 6. The average Bonchev–Trinajstić information content (AvgIpc) is 2.73. The van der Waals surface area contributed by atoms with Gasteiger partial charge in [0.25, 0.3) is 0 Å². The lowest BCUT2D eigenvalue weighted by atomic mass is 10.1. The fourth-order valence-electron chi connectivity index (χ4n) is 2.33. The van der Waals surface area contributed by atoms with Gasteiger partial charge in [0.1, 0.15) is 5.65 Å². The summed E-state index contributed by atoms with van der Waals surface area (Å²) >= 11 is 0. The first kappa shape index (κ1) is 14.0. The summed E-state index contributed by atoms with van der Waals surface area (Å²) in [5.74, 6) is 0.523. The molecular formula is C15H23N3O. The molecule has 104 valence electrons. The zero-order chi connectivity index (χ0) is 13.8. The Hall–Kier alpha value is -1.39. The van der Waals surface area contributed by atoms with Gasteiger partial charge in [0.2, 0.25) is 0 Å². The van der Waals surface area contributed by atoms with Gasteiger partial charge in [0, 0.05) is 19.3 Å². The van der Waals surface area contributed by atoms with E-state index in [0.29, 0.717) is 12.5 Å². The number of fused-ring (bicyclic) bond motifs is 1. The molecule has 2 heterocycles. The van der Waals surface area contributed by atoms with Crippen LogP contribution in [0.1, 0.15) is 31.5 Å². The Labute approximate surface area is 114 Å². The molecule has 0 fully saturated rings. The van der Waals surface area contributed by atoms with Crippen LogP contribution in [0.25, 0.3) is 5.65 Å². The molecule has 0 saturated carbocycles. The third-order valence-electron chi connectivity index (χ3n) is 3.24. The second-order valence-electron chi connectivity index (χ2n) is 5.55. The molecule has 4 nitrogen and oxygen atoms in total. The van der Waals surface area contributed by atoms with Crippen LogP contribution in [0.5, 0.6) is 0 Å². The van der Waals surface area contributed by atoms with Crippen LogP contribution < -0.4 is 5.32 Å². The lowest BCUT2D eigenvalue weighted by Crippen LogP contribution is -2.27. The molecule has 0 spiro atoms. The van der Waals surface area contributed by atoms with Crippen LogP contribution in [0.2, 0.25) is 0 Å². The fourth-order valence-corrected chi connectivity index (χ4v) is 2.33. The Balaban J connectivity index is 1.93. The number of imidazole rings is 1. The van der Waals surface area contributed by atoms with E-state index in [1.165, 1.54) is 5.56 Å². The first-order chi connectivity index (χ1) is 9.08. The molecule has 0 aromatic carbocycles. The molecule has 1 unspecified atom stereocenters. The molecule has 0 bridgehead atoms. The van der Waals surface area contributed by atoms with Gasteiger partial charge < -0.3 is 14.8 Å². The molecule has 2 aromatic rings. The third-order valence-corrected chi connectivity index (χ3v) is 3.24. The van der Waals surface area contributed by atoms with Gasteiger partial charge in [-0.05, 0) is 30.9 Å². The average molecular weight is 261 g/mol. The molecule has 4 heteroatoms. The standard InChI is InChI=1S/C15H23N3O/c1-11(2)7-14(19)10-16-8-13-9-17-15-12(3)5-4-6-18(13)15/h4-6,9,11,14,16,19H,7-8,10H2,1-3H3. The summed E-state index contributed by atoms with van der Waals surface area (Å²) in [4.78, 5) is 4.42. The molecule has 0 aliphatic rings. The lowest BCUT2D eigenvalue weighted by Gasteiger charge is -2.13. The van der Waals surface area contributed by atoms with Crippen molar-refractivity contribution in [2.24, 2.45) is 5.92 Å². The SMILES string of the molecule is Cc1cccn2c(CNCC(O)CC(C)C)cnc12. The monoisotopic (exact) mass is 261 g/mol. The van der Waals surface area contributed by atoms with Crippen molar-refractivity contribution in [3.63, 3.8) is 0 Å². The van der Waals surface area contributed by atoms with Gasteiger partial charge in [-0.2, -0.15) is 0 Å². The van der Waals surface area contributed by atoms with Crippen molar-refractivity contribution in [1.82, 2.24) is 14.7 Å². The Kier molecular flexibility index (Phi) is 4.56. The third kappa shape index (κ3) is 3.55. The molecule has 0 radical (unpaired) electrons. The molecule has 0 saturated heterocycles. The van der Waals surface area contributed by atoms with Crippen LogP contribution in [-0.4, -0.2) is 27.1 Å². The minimum atomic E-state index is -0.277. The summed E-state index contributed by atoms with van der Waals surface area (Å²) in [5, 5.41) is 13.1. The predicted molar refractivity (Wildman–Crippen MR) is 77.1 cm³/mol. The number of nitrogens with one attached hydrogen (secondary N) is 1. The van der Waals surface area contributed by atoms with Gasteiger partial charge in [-0.25, -0.2) is 4.98 Å². The normalized spacial score (nSPS) is 13.3. The van der Waals surface area contributed by atoms with Crippen molar-refractivity contribution < 1.29 is 5.11 Å². The molecule has 2 N–H and O–H groups in total. The Morgan fingerprint density at radius 1 is 1.42 bits per heavy atom. The summed E-state index contributed by atoms with van der Waals surface area (Å²) in [7, 11) is 0. The van der Waals surface area contributed by atoms with Crippen molar-refractivity contribution >= 4 is 5.65 Å². The number of pyridine rings is 1. The van der Waals surface area contributed by atoms with E-state index in [9.17, 15) is 5.11 Å². The number of aliphatic hydroxyl groups excluding tert-OH is 1. The van der Waals surface area contributed by atoms with Crippen LogP contribution in [0, 0.1) is 12.8 Å². The van der Waals surface area contributed by atoms with Gasteiger partial charge in [-0.15, -0.1) is 0 Å². The van der Waals surface area contributed by atoms with Gasteiger partial charge in [0.15, 0.2) is 0 Å². The Bertz CT molecular complexity index is 533. The summed E-state index contributed by atoms with van der Waals surface area (Å²) < 4.78 is 2.09. The number of aryl methyl sites for hydroxylation is 1. The maximum Gasteiger partial charge on any atom is 0.139 e. The van der Waals surface area contributed by atoms with E-state index in [4.69, 9.17) is 0 Å². The summed E-state index contributed by atoms with van der Waals surface area (Å²) in [6, 6.07) is 4.09. The zero-order valence-corrected chi connectivity index (χ0v) is 11.9. The topological polar surface area (TPSA) is 49.6 Å². The maximum absolute atomic E-state index is 9.82. The molecule has 1 atom stereocenters. The highest BCUT2D eigenvalue weighted by Crippen LogP contribution is 2.11. The van der Waals surface area contributed by atoms with E-state index < -0.39 is 0 Å². The summed E-state index contributed by atoms with van der Waals surface area (Å²) in [6.07, 6.45) is 4.47. The zero-order valence-electron chi connectivity index (χ0n) is 11.9. The van der Waals surface area contributed by atoms with Crippen molar-refractivity contribution in [3.05, 3.63) is 35.8 Å². The van der Waals surface area contributed by atoms with Crippen LogP contribution in [0.4, 0.5) is 0 Å².